The SMILES string of the molecule is CSc1nnc(SC2CNCC2O)s1. The summed E-state index contributed by atoms with van der Waals surface area (Å²) in [4.78, 5) is 0. The monoisotopic (exact) mass is 249 g/mol. The van der Waals surface area contributed by atoms with Crippen molar-refractivity contribution >= 4 is 34.9 Å². The summed E-state index contributed by atoms with van der Waals surface area (Å²) in [5, 5.41) is 21.0. The third-order valence-electron chi connectivity index (χ3n) is 1.94. The van der Waals surface area contributed by atoms with Crippen LogP contribution in [-0.4, -0.2) is 46.0 Å². The van der Waals surface area contributed by atoms with E-state index in [2.05, 4.69) is 15.5 Å². The maximum atomic E-state index is 9.58. The van der Waals surface area contributed by atoms with Gasteiger partial charge in [-0.05, 0) is 6.26 Å². The van der Waals surface area contributed by atoms with Crippen LogP contribution >= 0.6 is 34.9 Å². The van der Waals surface area contributed by atoms with Crippen molar-refractivity contribution in [2.45, 2.75) is 20.0 Å². The molecule has 4 nitrogen and oxygen atoms in total. The zero-order valence-electron chi connectivity index (χ0n) is 7.64. The fourth-order valence-electron chi connectivity index (χ4n) is 1.22. The van der Waals surface area contributed by atoms with E-state index < -0.39 is 0 Å². The molecule has 0 amide bonds. The highest BCUT2D eigenvalue weighted by molar-refractivity contribution is 8.03. The largest absolute Gasteiger partial charge is 0.391 e. The summed E-state index contributed by atoms with van der Waals surface area (Å²) < 4.78 is 1.93. The lowest BCUT2D eigenvalue weighted by Crippen LogP contribution is -2.19. The molecule has 1 aliphatic rings. The smallest absolute Gasteiger partial charge is 0.175 e. The van der Waals surface area contributed by atoms with Gasteiger partial charge in [0.15, 0.2) is 8.68 Å². The highest BCUT2D eigenvalue weighted by atomic mass is 32.2. The average molecular weight is 249 g/mol. The number of β-amino-alcohol motifs (C(OH)–C–C–N with tert-alkyl or cyclic N) is 1. The first kappa shape index (κ1) is 10.7. The second kappa shape index (κ2) is 4.80. The van der Waals surface area contributed by atoms with Gasteiger partial charge < -0.3 is 10.4 Å². The Balaban J connectivity index is 1.96. The quantitative estimate of drug-likeness (QED) is 0.769. The normalized spacial score (nSPS) is 27.0. The van der Waals surface area contributed by atoms with Crippen molar-refractivity contribution in [3.05, 3.63) is 0 Å². The topological polar surface area (TPSA) is 58.0 Å². The van der Waals surface area contributed by atoms with E-state index in [1.54, 1.807) is 34.9 Å². The number of nitrogens with one attached hydrogen (secondary N) is 1. The summed E-state index contributed by atoms with van der Waals surface area (Å²) in [6.07, 6.45) is 1.72. The lowest BCUT2D eigenvalue weighted by molar-refractivity contribution is 0.201. The van der Waals surface area contributed by atoms with Gasteiger partial charge in [-0.25, -0.2) is 0 Å². The van der Waals surface area contributed by atoms with Gasteiger partial charge in [0.25, 0.3) is 0 Å². The van der Waals surface area contributed by atoms with E-state index in [-0.39, 0.29) is 11.4 Å². The van der Waals surface area contributed by atoms with Crippen LogP contribution in [-0.2, 0) is 0 Å². The van der Waals surface area contributed by atoms with Gasteiger partial charge in [-0.1, -0.05) is 34.9 Å². The zero-order chi connectivity index (χ0) is 9.97. The summed E-state index contributed by atoms with van der Waals surface area (Å²) in [6.45, 7) is 1.53. The molecular formula is C7H11N3OS3. The van der Waals surface area contributed by atoms with Crippen LogP contribution in [0.4, 0.5) is 0 Å². The Bertz CT molecular complexity index is 306. The molecule has 0 spiro atoms. The van der Waals surface area contributed by atoms with Gasteiger partial charge in [0, 0.05) is 13.1 Å². The van der Waals surface area contributed by atoms with Gasteiger partial charge in [0.05, 0.1) is 11.4 Å². The molecular weight excluding hydrogens is 238 g/mol. The van der Waals surface area contributed by atoms with Crippen LogP contribution in [0.1, 0.15) is 0 Å². The molecule has 2 N–H and O–H groups in total. The maximum absolute atomic E-state index is 9.58. The lowest BCUT2D eigenvalue weighted by Gasteiger charge is -2.09. The van der Waals surface area contributed by atoms with Crippen molar-refractivity contribution in [2.24, 2.45) is 0 Å². The summed E-state index contributed by atoms with van der Waals surface area (Å²) in [6, 6.07) is 0. The third kappa shape index (κ3) is 2.40. The molecule has 2 heterocycles. The van der Waals surface area contributed by atoms with E-state index in [1.165, 1.54) is 0 Å². The second-order valence-corrected chi connectivity index (χ2v) is 6.44. The Kier molecular flexibility index (Phi) is 3.67. The van der Waals surface area contributed by atoms with E-state index in [4.69, 9.17) is 0 Å². The van der Waals surface area contributed by atoms with Crippen LogP contribution in [0.25, 0.3) is 0 Å². The highest BCUT2D eigenvalue weighted by Crippen LogP contribution is 2.32. The number of thioether (sulfide) groups is 2. The van der Waals surface area contributed by atoms with Crippen molar-refractivity contribution in [2.75, 3.05) is 19.3 Å². The molecule has 78 valence electrons. The van der Waals surface area contributed by atoms with E-state index in [0.717, 1.165) is 15.2 Å². The van der Waals surface area contributed by atoms with Crippen molar-refractivity contribution < 1.29 is 5.11 Å². The van der Waals surface area contributed by atoms with Crippen LogP contribution in [0.3, 0.4) is 0 Å². The van der Waals surface area contributed by atoms with E-state index in [1.807, 2.05) is 6.26 Å². The minimum atomic E-state index is -0.262. The van der Waals surface area contributed by atoms with Gasteiger partial charge in [0.2, 0.25) is 0 Å². The molecule has 0 radical (unpaired) electrons. The third-order valence-corrected chi connectivity index (χ3v) is 5.24. The lowest BCUT2D eigenvalue weighted by atomic mass is 10.3. The first-order chi connectivity index (χ1) is 6.79. The van der Waals surface area contributed by atoms with Crippen molar-refractivity contribution in [3.8, 4) is 0 Å². The van der Waals surface area contributed by atoms with Crippen LogP contribution in [0, 0.1) is 0 Å². The Labute approximate surface area is 94.9 Å². The van der Waals surface area contributed by atoms with Crippen molar-refractivity contribution in [3.63, 3.8) is 0 Å². The Morgan fingerprint density at radius 1 is 1.43 bits per heavy atom. The van der Waals surface area contributed by atoms with Gasteiger partial charge in [-0.2, -0.15) is 0 Å². The van der Waals surface area contributed by atoms with E-state index >= 15 is 0 Å². The molecule has 14 heavy (non-hydrogen) atoms. The fraction of sp³-hybridized carbons (Fsp3) is 0.714. The van der Waals surface area contributed by atoms with Gasteiger partial charge in [-0.15, -0.1) is 10.2 Å². The fourth-order valence-corrected chi connectivity index (χ4v) is 3.98. The standard InChI is InChI=1S/C7H11N3OS3/c1-12-6-9-10-7(14-6)13-5-3-8-2-4(5)11/h4-5,8,11H,2-3H2,1H3. The van der Waals surface area contributed by atoms with Gasteiger partial charge in [-0.3, -0.25) is 0 Å². The highest BCUT2D eigenvalue weighted by Gasteiger charge is 2.26. The minimum Gasteiger partial charge on any atom is -0.391 e. The molecule has 0 aromatic carbocycles. The summed E-state index contributed by atoms with van der Waals surface area (Å²) >= 11 is 4.80. The molecule has 0 aliphatic carbocycles. The number of nitrogens with zero attached hydrogens (tertiary/aromatic N) is 2. The van der Waals surface area contributed by atoms with Crippen molar-refractivity contribution in [1.29, 1.82) is 0 Å². The predicted molar refractivity (Wildman–Crippen MR) is 60.2 cm³/mol. The molecule has 7 heteroatoms. The summed E-state index contributed by atoms with van der Waals surface area (Å²) in [5.74, 6) is 0. The molecule has 0 bridgehead atoms. The number of aliphatic hydroxyl groups excluding tert-OH is 1. The molecule has 1 aromatic heterocycles. The molecule has 1 fully saturated rings. The van der Waals surface area contributed by atoms with Gasteiger partial charge in [0.1, 0.15) is 0 Å². The van der Waals surface area contributed by atoms with Crippen LogP contribution in [0.2, 0.25) is 0 Å². The first-order valence-electron chi connectivity index (χ1n) is 4.22. The van der Waals surface area contributed by atoms with Crippen LogP contribution in [0.5, 0.6) is 0 Å². The Morgan fingerprint density at radius 2 is 2.21 bits per heavy atom. The van der Waals surface area contributed by atoms with Gasteiger partial charge >= 0.3 is 0 Å². The van der Waals surface area contributed by atoms with E-state index in [0.29, 0.717) is 6.54 Å². The van der Waals surface area contributed by atoms with Crippen LogP contribution in [0.15, 0.2) is 8.68 Å². The molecule has 1 saturated heterocycles. The second-order valence-electron chi connectivity index (χ2n) is 2.92. The molecule has 2 atom stereocenters. The number of hydrogen-bond acceptors (Lipinski definition) is 7. The first-order valence-corrected chi connectivity index (χ1v) is 7.14. The number of aromatic nitrogens is 2. The van der Waals surface area contributed by atoms with Crippen LogP contribution < -0.4 is 5.32 Å². The number of hydrogen-bond donors (Lipinski definition) is 2. The molecule has 2 rings (SSSR count). The molecule has 0 saturated carbocycles. The number of rotatable bonds is 3. The number of aliphatic hydroxyl groups is 1. The summed E-state index contributed by atoms with van der Waals surface area (Å²) in [7, 11) is 0. The Morgan fingerprint density at radius 3 is 2.79 bits per heavy atom. The zero-order valence-corrected chi connectivity index (χ0v) is 10.1. The maximum Gasteiger partial charge on any atom is 0.175 e. The Hall–Kier alpha value is 0.180. The minimum absolute atomic E-state index is 0.220. The van der Waals surface area contributed by atoms with E-state index in [9.17, 15) is 5.11 Å². The molecule has 2 unspecified atom stereocenters. The summed E-state index contributed by atoms with van der Waals surface area (Å²) in [5.41, 5.74) is 0. The average Bonchev–Trinajstić information content (AvgIpc) is 2.77. The molecule has 1 aliphatic heterocycles. The van der Waals surface area contributed by atoms with Crippen molar-refractivity contribution in [1.82, 2.24) is 15.5 Å². The molecule has 1 aromatic rings. The predicted octanol–water partition coefficient (Wildman–Crippen LogP) is 0.685.